The first kappa shape index (κ1) is 15.0. The lowest BCUT2D eigenvalue weighted by molar-refractivity contribution is 0.0666. The van der Waals surface area contributed by atoms with Crippen LogP contribution in [0.15, 0.2) is 42.5 Å². The Bertz CT molecular complexity index is 790. The van der Waals surface area contributed by atoms with Crippen molar-refractivity contribution in [2.24, 2.45) is 0 Å². The van der Waals surface area contributed by atoms with Crippen molar-refractivity contribution in [3.05, 3.63) is 48.0 Å². The van der Waals surface area contributed by atoms with Gasteiger partial charge in [-0.05, 0) is 47.4 Å². The summed E-state index contributed by atoms with van der Waals surface area (Å²) in [5.74, 6) is 0.894. The summed E-state index contributed by atoms with van der Waals surface area (Å²) in [4.78, 5) is 2.23. The number of tetrazole rings is 1. The third-order valence-corrected chi connectivity index (χ3v) is 4.33. The van der Waals surface area contributed by atoms with Crippen LogP contribution in [-0.4, -0.2) is 51.1 Å². The van der Waals surface area contributed by atoms with Crippen molar-refractivity contribution in [2.75, 3.05) is 24.6 Å². The molecular formula is C17H20N6O. The van der Waals surface area contributed by atoms with Crippen molar-refractivity contribution in [1.82, 2.24) is 25.3 Å². The molecule has 7 nitrogen and oxygen atoms in total. The van der Waals surface area contributed by atoms with E-state index in [2.05, 4.69) is 49.8 Å². The molecule has 1 aromatic carbocycles. The SMILES string of the molecule is c1ccc(CCCO[C@H]2CCN(c3ccc4nnnn4n3)C2)cc1. The second-order valence-corrected chi connectivity index (χ2v) is 6.03. The number of fused-ring (bicyclic) bond motifs is 1. The molecule has 1 aliphatic rings. The molecule has 1 fully saturated rings. The normalized spacial score (nSPS) is 17.7. The Morgan fingerprint density at radius 2 is 2.04 bits per heavy atom. The van der Waals surface area contributed by atoms with Crippen molar-refractivity contribution in [1.29, 1.82) is 0 Å². The van der Waals surface area contributed by atoms with Crippen LogP contribution in [0.4, 0.5) is 5.82 Å². The van der Waals surface area contributed by atoms with Crippen LogP contribution in [0.5, 0.6) is 0 Å². The molecule has 0 bridgehead atoms. The Balaban J connectivity index is 1.25. The first-order chi connectivity index (χ1) is 11.9. The molecule has 3 heterocycles. The number of rotatable bonds is 6. The highest BCUT2D eigenvalue weighted by Gasteiger charge is 2.24. The molecule has 3 aromatic rings. The van der Waals surface area contributed by atoms with Crippen LogP contribution in [0.25, 0.3) is 5.65 Å². The van der Waals surface area contributed by atoms with Crippen LogP contribution in [0.3, 0.4) is 0 Å². The van der Waals surface area contributed by atoms with Crippen molar-refractivity contribution in [3.8, 4) is 0 Å². The fraction of sp³-hybridized carbons (Fsp3) is 0.412. The van der Waals surface area contributed by atoms with E-state index in [4.69, 9.17) is 4.74 Å². The van der Waals surface area contributed by atoms with Crippen LogP contribution in [0, 0.1) is 0 Å². The minimum atomic E-state index is 0.271. The zero-order chi connectivity index (χ0) is 16.2. The van der Waals surface area contributed by atoms with E-state index in [0.29, 0.717) is 5.65 Å². The summed E-state index contributed by atoms with van der Waals surface area (Å²) in [5, 5.41) is 15.8. The molecule has 0 saturated carbocycles. The Labute approximate surface area is 140 Å². The molecule has 0 aliphatic carbocycles. The molecule has 0 amide bonds. The highest BCUT2D eigenvalue weighted by Crippen LogP contribution is 2.20. The van der Waals surface area contributed by atoms with E-state index < -0.39 is 0 Å². The van der Waals surface area contributed by atoms with Gasteiger partial charge in [0.25, 0.3) is 0 Å². The number of anilines is 1. The van der Waals surface area contributed by atoms with Gasteiger partial charge in [0.2, 0.25) is 0 Å². The molecule has 7 heteroatoms. The zero-order valence-corrected chi connectivity index (χ0v) is 13.5. The highest BCUT2D eigenvalue weighted by atomic mass is 16.5. The van der Waals surface area contributed by atoms with E-state index in [-0.39, 0.29) is 6.10 Å². The molecule has 1 aliphatic heterocycles. The average molecular weight is 324 g/mol. The molecule has 1 saturated heterocycles. The van der Waals surface area contributed by atoms with Crippen LogP contribution in [-0.2, 0) is 11.2 Å². The lowest BCUT2D eigenvalue weighted by Gasteiger charge is -2.17. The summed E-state index contributed by atoms with van der Waals surface area (Å²) in [6, 6.07) is 14.4. The van der Waals surface area contributed by atoms with E-state index in [1.54, 1.807) is 0 Å². The number of ether oxygens (including phenoxy) is 1. The van der Waals surface area contributed by atoms with Crippen molar-refractivity contribution < 1.29 is 4.74 Å². The third kappa shape index (κ3) is 3.35. The maximum Gasteiger partial charge on any atom is 0.200 e. The van der Waals surface area contributed by atoms with Gasteiger partial charge in [-0.3, -0.25) is 0 Å². The lowest BCUT2D eigenvalue weighted by atomic mass is 10.1. The summed E-state index contributed by atoms with van der Waals surface area (Å²) in [5.41, 5.74) is 2.03. The molecule has 0 N–H and O–H groups in total. The van der Waals surface area contributed by atoms with Gasteiger partial charge in [0.1, 0.15) is 0 Å². The average Bonchev–Trinajstić information content (AvgIpc) is 3.28. The summed E-state index contributed by atoms with van der Waals surface area (Å²) in [6.45, 7) is 2.61. The number of hydrogen-bond acceptors (Lipinski definition) is 6. The molecular weight excluding hydrogens is 304 g/mol. The fourth-order valence-corrected chi connectivity index (χ4v) is 3.05. The van der Waals surface area contributed by atoms with Gasteiger partial charge in [-0.1, -0.05) is 30.3 Å². The van der Waals surface area contributed by atoms with Crippen molar-refractivity contribution >= 4 is 11.5 Å². The Hall–Kier alpha value is -2.54. The molecule has 2 aromatic heterocycles. The van der Waals surface area contributed by atoms with Gasteiger partial charge in [0.15, 0.2) is 11.5 Å². The van der Waals surface area contributed by atoms with Gasteiger partial charge in [-0.2, -0.15) is 0 Å². The minimum Gasteiger partial charge on any atom is -0.376 e. The molecule has 1 atom stereocenters. The second kappa shape index (κ2) is 6.92. The number of hydrogen-bond donors (Lipinski definition) is 0. The molecule has 0 unspecified atom stereocenters. The number of aromatic nitrogens is 5. The summed E-state index contributed by atoms with van der Waals surface area (Å²) < 4.78 is 7.49. The summed E-state index contributed by atoms with van der Waals surface area (Å²) in [7, 11) is 0. The maximum absolute atomic E-state index is 6.03. The molecule has 0 radical (unpaired) electrons. The zero-order valence-electron chi connectivity index (χ0n) is 13.5. The van der Waals surface area contributed by atoms with Gasteiger partial charge >= 0.3 is 0 Å². The van der Waals surface area contributed by atoms with Gasteiger partial charge in [-0.15, -0.1) is 14.8 Å². The first-order valence-electron chi connectivity index (χ1n) is 8.34. The van der Waals surface area contributed by atoms with E-state index >= 15 is 0 Å². The first-order valence-corrected chi connectivity index (χ1v) is 8.34. The van der Waals surface area contributed by atoms with Crippen molar-refractivity contribution in [3.63, 3.8) is 0 Å². The smallest absolute Gasteiger partial charge is 0.200 e. The van der Waals surface area contributed by atoms with E-state index in [1.165, 1.54) is 10.2 Å². The summed E-state index contributed by atoms with van der Waals surface area (Å²) in [6.07, 6.45) is 3.41. The topological polar surface area (TPSA) is 68.4 Å². The fourth-order valence-electron chi connectivity index (χ4n) is 3.05. The predicted octanol–water partition coefficient (Wildman–Crippen LogP) is 1.75. The molecule has 4 rings (SSSR count). The standard InChI is InChI=1S/C17H20N6O/c1-2-5-14(6-3-1)7-4-12-24-15-10-11-22(13-15)17-9-8-16-18-20-21-23(16)19-17/h1-3,5-6,8-9,15H,4,7,10-13H2/t15-/m0/s1. The predicted molar refractivity (Wildman–Crippen MR) is 89.9 cm³/mol. The van der Waals surface area contributed by atoms with Crippen molar-refractivity contribution in [2.45, 2.75) is 25.4 Å². The molecule has 0 spiro atoms. The van der Waals surface area contributed by atoms with Gasteiger partial charge in [-0.25, -0.2) is 0 Å². The Morgan fingerprint density at radius 3 is 2.96 bits per heavy atom. The number of aryl methyl sites for hydroxylation is 1. The Morgan fingerprint density at radius 1 is 1.12 bits per heavy atom. The monoisotopic (exact) mass is 324 g/mol. The van der Waals surface area contributed by atoms with E-state index in [9.17, 15) is 0 Å². The van der Waals surface area contributed by atoms with E-state index in [0.717, 1.165) is 44.8 Å². The third-order valence-electron chi connectivity index (χ3n) is 4.33. The van der Waals surface area contributed by atoms with E-state index in [1.807, 2.05) is 18.2 Å². The summed E-state index contributed by atoms with van der Waals surface area (Å²) >= 11 is 0. The molecule has 124 valence electrons. The van der Waals surface area contributed by atoms with Crippen LogP contribution < -0.4 is 4.90 Å². The number of nitrogens with zero attached hydrogens (tertiary/aromatic N) is 6. The second-order valence-electron chi connectivity index (χ2n) is 6.03. The van der Waals surface area contributed by atoms with Crippen LogP contribution in [0.2, 0.25) is 0 Å². The molecule has 24 heavy (non-hydrogen) atoms. The largest absolute Gasteiger partial charge is 0.376 e. The van der Waals surface area contributed by atoms with Gasteiger partial charge < -0.3 is 9.64 Å². The van der Waals surface area contributed by atoms with Gasteiger partial charge in [0.05, 0.1) is 6.10 Å². The van der Waals surface area contributed by atoms with Gasteiger partial charge in [0, 0.05) is 19.7 Å². The Kier molecular flexibility index (Phi) is 4.33. The lowest BCUT2D eigenvalue weighted by Crippen LogP contribution is -2.24. The van der Waals surface area contributed by atoms with Crippen LogP contribution in [0.1, 0.15) is 18.4 Å². The highest BCUT2D eigenvalue weighted by molar-refractivity contribution is 5.45. The number of benzene rings is 1. The van der Waals surface area contributed by atoms with Crippen LogP contribution >= 0.6 is 0 Å². The minimum absolute atomic E-state index is 0.271. The quantitative estimate of drug-likeness (QED) is 0.644. The maximum atomic E-state index is 6.03.